The molecule has 2 aromatic carbocycles. The van der Waals surface area contributed by atoms with Gasteiger partial charge < -0.3 is 59.0 Å². The molecular weight excluding hydrogens is 887 g/mol. The Morgan fingerprint density at radius 1 is 0.853 bits per heavy atom. The summed E-state index contributed by atoms with van der Waals surface area (Å²) in [7, 11) is 0. The van der Waals surface area contributed by atoms with Gasteiger partial charge in [-0.3, -0.25) is 38.5 Å². The number of hydrogen-bond donors (Lipinski definition) is 12. The fraction of sp³-hybridized carbons (Fsp3) is 0.310. The molecule has 1 aliphatic rings. The number of unbranched alkanes of at least 4 members (excludes halogenated alkanes) is 2. The van der Waals surface area contributed by atoms with Crippen LogP contribution in [0.15, 0.2) is 59.8 Å². The first kappa shape index (κ1) is 50.2. The van der Waals surface area contributed by atoms with E-state index in [1.165, 1.54) is 55.6 Å². The SMILES string of the molecule is CC(NC(=O)CNC(=O)CCCCCN1C(=O)C=CC1=O)C(=O)Nc1ccc(C(=O)NCCCC(C=O)NC(=O)c2ccc(NCc3cnc4nc(N)nc(N)c4n3)cc2O)c(/C(N)=N/NN)c1. The molecule has 0 aliphatic carbocycles. The molecule has 1 aliphatic heterocycles. The molecule has 5 rings (SSSR count). The lowest BCUT2D eigenvalue weighted by atomic mass is 10.0. The van der Waals surface area contributed by atoms with Crippen molar-refractivity contribution in [2.75, 3.05) is 41.7 Å². The standard InChI is InChI=1S/C42H51N17O9/c1-22(51-32(63)20-49-31(62)7-3-2-4-15-59-33(64)12-13-34(59)65)39(66)53-24-9-10-27(29(16-24)36(43)57-58-46)40(67)47-14-5-6-25(21-60)54-41(68)28-11-8-23(17-30(28)61)48-18-26-19-50-38-35(52-26)37(44)55-42(45)56-38/h8-13,16-17,19,21-22,25,48,58,61H,2-7,14-15,18,20,46H2,1H3,(H2,43,57)(H,47,67)(H,49,62)(H,51,63)(H,53,66)(H,54,68)(H4,44,45,50,55,56). The van der Waals surface area contributed by atoms with Crippen LogP contribution in [0.3, 0.4) is 0 Å². The van der Waals surface area contributed by atoms with Gasteiger partial charge in [-0.05, 0) is 62.9 Å². The maximum Gasteiger partial charge on any atom is 0.255 e. The summed E-state index contributed by atoms with van der Waals surface area (Å²) in [5, 5.41) is 30.3. The van der Waals surface area contributed by atoms with Gasteiger partial charge in [0.15, 0.2) is 22.8 Å². The third-order valence-electron chi connectivity index (χ3n) is 10.1. The highest BCUT2D eigenvalue weighted by atomic mass is 16.3. The lowest BCUT2D eigenvalue weighted by Crippen LogP contribution is -2.45. The maximum absolute atomic E-state index is 13.3. The number of nitrogens with two attached hydrogens (primary N) is 4. The number of fused-ring (bicyclic) bond motifs is 1. The first-order valence-electron chi connectivity index (χ1n) is 21.1. The Bertz CT molecular complexity index is 2620. The van der Waals surface area contributed by atoms with Gasteiger partial charge in [0.25, 0.3) is 23.6 Å². The largest absolute Gasteiger partial charge is 0.507 e. The van der Waals surface area contributed by atoms with E-state index < -0.39 is 35.7 Å². The highest BCUT2D eigenvalue weighted by Gasteiger charge is 2.23. The lowest BCUT2D eigenvalue weighted by Gasteiger charge is -2.17. The van der Waals surface area contributed by atoms with Gasteiger partial charge in [0.05, 0.1) is 42.1 Å². The Balaban J connectivity index is 1.04. The summed E-state index contributed by atoms with van der Waals surface area (Å²) in [5.41, 5.74) is 21.3. The van der Waals surface area contributed by atoms with E-state index >= 15 is 0 Å². The van der Waals surface area contributed by atoms with Crippen molar-refractivity contribution in [3.8, 4) is 5.75 Å². The summed E-state index contributed by atoms with van der Waals surface area (Å²) >= 11 is 0. The van der Waals surface area contributed by atoms with E-state index in [1.807, 2.05) is 5.53 Å². The van der Waals surface area contributed by atoms with Crippen LogP contribution in [-0.2, 0) is 35.3 Å². The van der Waals surface area contributed by atoms with Crippen molar-refractivity contribution >= 4 is 87.8 Å². The highest BCUT2D eigenvalue weighted by Crippen LogP contribution is 2.23. The monoisotopic (exact) mass is 937 g/mol. The van der Waals surface area contributed by atoms with E-state index in [4.69, 9.17) is 23.0 Å². The van der Waals surface area contributed by atoms with Crippen LogP contribution in [-0.4, -0.2) is 115 Å². The Labute approximate surface area is 387 Å². The molecule has 358 valence electrons. The minimum Gasteiger partial charge on any atom is -0.507 e. The molecule has 2 aromatic heterocycles. The molecule has 0 saturated heterocycles. The van der Waals surface area contributed by atoms with E-state index in [-0.39, 0.29) is 120 Å². The molecule has 0 bridgehead atoms. The molecule has 0 spiro atoms. The third kappa shape index (κ3) is 14.1. The lowest BCUT2D eigenvalue weighted by molar-refractivity contribution is -0.137. The molecule has 0 radical (unpaired) electrons. The van der Waals surface area contributed by atoms with Gasteiger partial charge in [0.1, 0.15) is 18.1 Å². The van der Waals surface area contributed by atoms with Crippen LogP contribution in [0.1, 0.15) is 77.4 Å². The molecule has 68 heavy (non-hydrogen) atoms. The first-order valence-corrected chi connectivity index (χ1v) is 21.1. The minimum absolute atomic E-state index is 0.0316. The van der Waals surface area contributed by atoms with Gasteiger partial charge in [-0.2, -0.15) is 9.97 Å². The zero-order chi connectivity index (χ0) is 49.3. The molecule has 26 nitrogen and oxygen atoms in total. The van der Waals surface area contributed by atoms with Crippen LogP contribution in [0.5, 0.6) is 5.75 Å². The van der Waals surface area contributed by atoms with Crippen LogP contribution >= 0.6 is 0 Å². The average Bonchev–Trinajstić information content (AvgIpc) is 3.63. The fourth-order valence-electron chi connectivity index (χ4n) is 6.55. The van der Waals surface area contributed by atoms with Crippen molar-refractivity contribution in [2.24, 2.45) is 16.7 Å². The number of benzene rings is 2. The number of hydrogen-bond acceptors (Lipinski definition) is 19. The van der Waals surface area contributed by atoms with Gasteiger partial charge >= 0.3 is 0 Å². The molecule has 0 saturated carbocycles. The van der Waals surface area contributed by atoms with Gasteiger partial charge in [-0.1, -0.05) is 6.42 Å². The van der Waals surface area contributed by atoms with E-state index in [0.717, 1.165) is 4.90 Å². The predicted molar refractivity (Wildman–Crippen MR) is 246 cm³/mol. The molecule has 7 amide bonds. The maximum atomic E-state index is 13.3. The van der Waals surface area contributed by atoms with E-state index in [9.17, 15) is 43.5 Å². The van der Waals surface area contributed by atoms with Crippen LogP contribution < -0.4 is 60.5 Å². The number of rotatable bonds is 24. The number of hydrazine groups is 1. The van der Waals surface area contributed by atoms with Gasteiger partial charge in [-0.25, -0.2) is 21.3 Å². The zero-order valence-electron chi connectivity index (χ0n) is 36.7. The number of nitrogens with zero attached hydrogens (tertiary/aromatic N) is 6. The highest BCUT2D eigenvalue weighted by molar-refractivity contribution is 6.13. The van der Waals surface area contributed by atoms with Crippen LogP contribution in [0.25, 0.3) is 11.2 Å². The number of amides is 7. The number of nitrogens with one attached hydrogen (secondary N) is 7. The van der Waals surface area contributed by atoms with Crippen molar-refractivity contribution in [3.63, 3.8) is 0 Å². The number of phenols is 1. The Kier molecular flexibility index (Phi) is 17.7. The summed E-state index contributed by atoms with van der Waals surface area (Å²) in [4.78, 5) is 117. The Morgan fingerprint density at radius 3 is 2.31 bits per heavy atom. The summed E-state index contributed by atoms with van der Waals surface area (Å²) in [6, 6.07) is 6.41. The van der Waals surface area contributed by atoms with Crippen LogP contribution in [0, 0.1) is 0 Å². The molecule has 2 unspecified atom stereocenters. The molecular formula is C42H51N17O9. The second-order valence-electron chi connectivity index (χ2n) is 15.1. The molecule has 3 heterocycles. The normalized spacial score (nSPS) is 13.1. The van der Waals surface area contributed by atoms with E-state index in [0.29, 0.717) is 36.9 Å². The zero-order valence-corrected chi connectivity index (χ0v) is 36.7. The summed E-state index contributed by atoms with van der Waals surface area (Å²) in [6.45, 7) is 1.53. The second kappa shape index (κ2) is 23.9. The number of aromatic nitrogens is 4. The topological polar surface area (TPSA) is 412 Å². The number of carbonyl (C=O) groups excluding carboxylic acids is 8. The number of nitrogen functional groups attached to an aromatic ring is 2. The first-order chi connectivity index (χ1) is 32.6. The number of carbonyl (C=O) groups is 8. The summed E-state index contributed by atoms with van der Waals surface area (Å²) in [5.74, 6) is 1.12. The Morgan fingerprint density at radius 2 is 1.59 bits per heavy atom. The molecule has 4 aromatic rings. The van der Waals surface area contributed by atoms with E-state index in [1.54, 1.807) is 6.07 Å². The third-order valence-corrected chi connectivity index (χ3v) is 10.1. The minimum atomic E-state index is -1.05. The number of phenolic OH excluding ortho intramolecular Hbond substituents is 1. The van der Waals surface area contributed by atoms with Crippen molar-refractivity contribution in [2.45, 2.75) is 64.1 Å². The van der Waals surface area contributed by atoms with Gasteiger partial charge in [0, 0.05) is 54.7 Å². The summed E-state index contributed by atoms with van der Waals surface area (Å²) in [6.07, 6.45) is 6.49. The predicted octanol–water partition coefficient (Wildman–Crippen LogP) is -1.46. The second-order valence-corrected chi connectivity index (χ2v) is 15.1. The quantitative estimate of drug-likeness (QED) is 0.00726. The van der Waals surface area contributed by atoms with Crippen molar-refractivity contribution < 1.29 is 43.5 Å². The van der Waals surface area contributed by atoms with Crippen LogP contribution in [0.2, 0.25) is 0 Å². The number of hydrazone groups is 1. The number of anilines is 4. The fourth-order valence-corrected chi connectivity index (χ4v) is 6.55. The van der Waals surface area contributed by atoms with Gasteiger partial charge in [-0.15, -0.1) is 5.10 Å². The molecule has 16 N–H and O–H groups in total. The number of imide groups is 1. The van der Waals surface area contributed by atoms with Gasteiger partial charge in [0.2, 0.25) is 23.7 Å². The number of amidine groups is 1. The molecule has 26 heteroatoms. The molecule has 2 atom stereocenters. The average molecular weight is 938 g/mol. The van der Waals surface area contributed by atoms with E-state index in [2.05, 4.69) is 56.9 Å². The van der Waals surface area contributed by atoms with Crippen LogP contribution in [0.4, 0.5) is 23.1 Å². The van der Waals surface area contributed by atoms with Crippen molar-refractivity contribution in [1.82, 2.24) is 51.6 Å². The molecule has 0 fully saturated rings. The number of aldehydes is 1. The summed E-state index contributed by atoms with van der Waals surface area (Å²) < 4.78 is 0. The number of aromatic hydroxyl groups is 1. The van der Waals surface area contributed by atoms with Crippen molar-refractivity contribution in [3.05, 3.63) is 77.1 Å². The Hall–Kier alpha value is -8.81. The smallest absolute Gasteiger partial charge is 0.255 e. The van der Waals surface area contributed by atoms with Crippen molar-refractivity contribution in [1.29, 1.82) is 0 Å².